The molecule has 0 spiro atoms. The molecular formula is C18H16Cl3NO. The van der Waals surface area contributed by atoms with E-state index < -0.39 is 0 Å². The zero-order chi connectivity index (χ0) is 16.8. The van der Waals surface area contributed by atoms with E-state index in [-0.39, 0.29) is 23.3 Å². The van der Waals surface area contributed by atoms with Gasteiger partial charge < -0.3 is 5.32 Å². The van der Waals surface area contributed by atoms with Crippen molar-refractivity contribution in [3.63, 3.8) is 0 Å². The van der Waals surface area contributed by atoms with Crippen LogP contribution in [0.3, 0.4) is 0 Å². The van der Waals surface area contributed by atoms with Crippen LogP contribution in [-0.2, 0) is 0 Å². The molecule has 2 aromatic rings. The Labute approximate surface area is 150 Å². The van der Waals surface area contributed by atoms with Crippen molar-refractivity contribution in [1.29, 1.82) is 0 Å². The first kappa shape index (κ1) is 16.6. The van der Waals surface area contributed by atoms with Crippen LogP contribution < -0.4 is 5.32 Å². The van der Waals surface area contributed by atoms with E-state index in [1.165, 1.54) is 5.56 Å². The van der Waals surface area contributed by atoms with Crippen molar-refractivity contribution in [2.45, 2.75) is 25.8 Å². The molecule has 1 fully saturated rings. The van der Waals surface area contributed by atoms with Gasteiger partial charge in [0.15, 0.2) is 0 Å². The molecule has 5 heteroatoms. The van der Waals surface area contributed by atoms with Gasteiger partial charge in [0.1, 0.15) is 0 Å². The van der Waals surface area contributed by atoms with Crippen LogP contribution in [0.1, 0.15) is 35.7 Å². The van der Waals surface area contributed by atoms with Crippen molar-refractivity contribution in [3.8, 4) is 0 Å². The highest BCUT2D eigenvalue weighted by molar-refractivity contribution is 6.42. The number of nitrogens with one attached hydrogen (secondary N) is 1. The lowest BCUT2D eigenvalue weighted by atomic mass is 10.0. The van der Waals surface area contributed by atoms with Crippen LogP contribution in [0.15, 0.2) is 42.5 Å². The lowest BCUT2D eigenvalue weighted by Crippen LogP contribution is -2.28. The maximum Gasteiger partial charge on any atom is 0.251 e. The van der Waals surface area contributed by atoms with Gasteiger partial charge in [-0.2, -0.15) is 0 Å². The minimum absolute atomic E-state index is 0.000288. The average molecular weight is 369 g/mol. The maximum atomic E-state index is 12.4. The molecular weight excluding hydrogens is 353 g/mol. The fraction of sp³-hybridized carbons (Fsp3) is 0.278. The quantitative estimate of drug-likeness (QED) is 0.754. The van der Waals surface area contributed by atoms with E-state index in [2.05, 4.69) is 19.2 Å². The second-order valence-electron chi connectivity index (χ2n) is 6.43. The molecule has 1 saturated carbocycles. The summed E-state index contributed by atoms with van der Waals surface area (Å²) < 4.78 is 0. The molecule has 1 aliphatic rings. The predicted molar refractivity (Wildman–Crippen MR) is 95.7 cm³/mol. The summed E-state index contributed by atoms with van der Waals surface area (Å²) in [4.78, 5) is 12.4. The van der Waals surface area contributed by atoms with Crippen molar-refractivity contribution in [2.75, 3.05) is 0 Å². The topological polar surface area (TPSA) is 29.1 Å². The Bertz CT molecular complexity index is 755. The van der Waals surface area contributed by atoms with Gasteiger partial charge in [-0.1, -0.05) is 60.8 Å². The van der Waals surface area contributed by atoms with Crippen LogP contribution in [0.5, 0.6) is 0 Å². The van der Waals surface area contributed by atoms with Crippen LogP contribution in [0, 0.1) is 5.41 Å². The van der Waals surface area contributed by atoms with Crippen LogP contribution in [-0.4, -0.2) is 11.9 Å². The fourth-order valence-corrected chi connectivity index (χ4v) is 3.49. The number of hydrogen-bond acceptors (Lipinski definition) is 1. The minimum atomic E-state index is -0.141. The Morgan fingerprint density at radius 3 is 2.26 bits per heavy atom. The molecule has 1 amide bonds. The normalized spacial score (nSPS) is 21.8. The lowest BCUT2D eigenvalue weighted by Gasteiger charge is -2.07. The second kappa shape index (κ2) is 6.01. The third-order valence-electron chi connectivity index (χ3n) is 4.52. The van der Waals surface area contributed by atoms with Gasteiger partial charge in [0, 0.05) is 22.5 Å². The van der Waals surface area contributed by atoms with E-state index in [9.17, 15) is 4.79 Å². The minimum Gasteiger partial charge on any atom is -0.348 e. The first-order valence-corrected chi connectivity index (χ1v) is 8.45. The molecule has 0 aromatic heterocycles. The number of halogens is 3. The fourth-order valence-electron chi connectivity index (χ4n) is 3.06. The van der Waals surface area contributed by atoms with E-state index in [0.29, 0.717) is 20.6 Å². The number of rotatable bonds is 3. The maximum absolute atomic E-state index is 12.4. The molecule has 0 radical (unpaired) electrons. The summed E-state index contributed by atoms with van der Waals surface area (Å²) in [6.07, 6.45) is 0. The van der Waals surface area contributed by atoms with E-state index in [0.717, 1.165) is 0 Å². The Morgan fingerprint density at radius 2 is 1.65 bits per heavy atom. The summed E-state index contributed by atoms with van der Waals surface area (Å²) in [6.45, 7) is 4.29. The molecule has 2 atom stereocenters. The highest BCUT2D eigenvalue weighted by Crippen LogP contribution is 2.58. The molecule has 2 unspecified atom stereocenters. The molecule has 1 aliphatic carbocycles. The van der Waals surface area contributed by atoms with Crippen molar-refractivity contribution < 1.29 is 4.79 Å². The summed E-state index contributed by atoms with van der Waals surface area (Å²) in [5, 5.41) is 4.63. The van der Waals surface area contributed by atoms with E-state index >= 15 is 0 Å². The van der Waals surface area contributed by atoms with Crippen molar-refractivity contribution in [2.24, 2.45) is 5.41 Å². The number of amides is 1. The molecule has 1 N–H and O–H groups in total. The molecule has 2 nitrogen and oxygen atoms in total. The lowest BCUT2D eigenvalue weighted by molar-refractivity contribution is 0.0946. The summed E-state index contributed by atoms with van der Waals surface area (Å²) in [5.41, 5.74) is 1.69. The Balaban J connectivity index is 1.76. The van der Waals surface area contributed by atoms with Gasteiger partial charge in [-0.15, -0.1) is 0 Å². The molecule has 0 heterocycles. The molecule has 23 heavy (non-hydrogen) atoms. The van der Waals surface area contributed by atoms with Crippen LogP contribution in [0.25, 0.3) is 0 Å². The Morgan fingerprint density at radius 1 is 1.00 bits per heavy atom. The molecule has 0 saturated heterocycles. The molecule has 0 aliphatic heterocycles. The molecule has 2 aromatic carbocycles. The monoisotopic (exact) mass is 367 g/mol. The van der Waals surface area contributed by atoms with Crippen LogP contribution >= 0.6 is 34.8 Å². The highest BCUT2D eigenvalue weighted by atomic mass is 35.5. The van der Waals surface area contributed by atoms with Gasteiger partial charge in [0.05, 0.1) is 10.0 Å². The summed E-state index contributed by atoms with van der Waals surface area (Å²) in [5.74, 6) is 0.129. The number of benzene rings is 2. The zero-order valence-electron chi connectivity index (χ0n) is 12.7. The van der Waals surface area contributed by atoms with E-state index in [4.69, 9.17) is 34.8 Å². The molecule has 3 rings (SSSR count). The largest absolute Gasteiger partial charge is 0.348 e. The van der Waals surface area contributed by atoms with Crippen molar-refractivity contribution >= 4 is 40.7 Å². The van der Waals surface area contributed by atoms with Crippen molar-refractivity contribution in [3.05, 3.63) is 68.7 Å². The number of carbonyl (C=O) groups is 1. The van der Waals surface area contributed by atoms with Gasteiger partial charge in [0.25, 0.3) is 5.91 Å². The number of carbonyl (C=O) groups excluding carboxylic acids is 1. The van der Waals surface area contributed by atoms with Crippen molar-refractivity contribution in [1.82, 2.24) is 5.32 Å². The summed E-state index contributed by atoms with van der Waals surface area (Å²) in [6, 6.07) is 12.8. The summed E-state index contributed by atoms with van der Waals surface area (Å²) >= 11 is 17.8. The smallest absolute Gasteiger partial charge is 0.251 e. The van der Waals surface area contributed by atoms with Crippen LogP contribution in [0.2, 0.25) is 15.1 Å². The average Bonchev–Trinajstić information content (AvgIpc) is 3.03. The molecule has 120 valence electrons. The van der Waals surface area contributed by atoms with Gasteiger partial charge in [0.2, 0.25) is 0 Å². The second-order valence-corrected chi connectivity index (χ2v) is 7.68. The number of hydrogen-bond donors (Lipinski definition) is 1. The summed E-state index contributed by atoms with van der Waals surface area (Å²) in [7, 11) is 0. The first-order valence-electron chi connectivity index (χ1n) is 7.32. The predicted octanol–water partition coefficient (Wildman–Crippen LogP) is 5.57. The van der Waals surface area contributed by atoms with E-state index in [1.807, 2.05) is 24.3 Å². The highest BCUT2D eigenvalue weighted by Gasteiger charge is 2.59. The Hall–Kier alpha value is -1.22. The van der Waals surface area contributed by atoms with Gasteiger partial charge in [-0.25, -0.2) is 0 Å². The van der Waals surface area contributed by atoms with Gasteiger partial charge in [-0.05, 0) is 41.3 Å². The molecule has 0 bridgehead atoms. The third kappa shape index (κ3) is 3.21. The van der Waals surface area contributed by atoms with Gasteiger partial charge in [-0.3, -0.25) is 4.79 Å². The third-order valence-corrected chi connectivity index (χ3v) is 5.52. The Kier molecular flexibility index (Phi) is 4.35. The standard InChI is InChI=1S/C18H16Cl3NO/c1-18(2)15(10-3-6-12(19)7-4-10)16(18)22-17(23)11-5-8-13(20)14(21)9-11/h3-9,15-16H,1-2H3,(H,22,23). The SMILES string of the molecule is CC1(C)C(NC(=O)c2ccc(Cl)c(Cl)c2)C1c1ccc(Cl)cc1. The van der Waals surface area contributed by atoms with Crippen LogP contribution in [0.4, 0.5) is 0 Å². The van der Waals surface area contributed by atoms with E-state index in [1.54, 1.807) is 18.2 Å². The first-order chi connectivity index (χ1) is 10.8. The van der Waals surface area contributed by atoms with Gasteiger partial charge >= 0.3 is 0 Å². The zero-order valence-corrected chi connectivity index (χ0v) is 15.0.